The van der Waals surface area contributed by atoms with E-state index in [9.17, 15) is 18.5 Å². The molecule has 0 spiro atoms. The first-order chi connectivity index (χ1) is 13.8. The molecule has 1 fully saturated rings. The molecule has 2 N–H and O–H groups in total. The molecule has 1 aliphatic heterocycles. The van der Waals surface area contributed by atoms with Crippen LogP contribution in [0.3, 0.4) is 0 Å². The van der Waals surface area contributed by atoms with Crippen molar-refractivity contribution in [2.24, 2.45) is 0 Å². The first-order valence-electron chi connectivity index (χ1n) is 8.76. The molecule has 0 radical (unpaired) electrons. The van der Waals surface area contributed by atoms with Crippen LogP contribution >= 0.6 is 23.2 Å². The van der Waals surface area contributed by atoms with E-state index in [-0.39, 0.29) is 27.9 Å². The average Bonchev–Trinajstić information content (AvgIpc) is 2.85. The third-order valence-electron chi connectivity index (χ3n) is 4.26. The zero-order chi connectivity index (χ0) is 21.0. The van der Waals surface area contributed by atoms with Crippen molar-refractivity contribution in [1.82, 2.24) is 10.0 Å². The van der Waals surface area contributed by atoms with Gasteiger partial charge in [-0.15, -0.1) is 0 Å². The smallest absolute Gasteiger partial charge is 0.245 e. The summed E-state index contributed by atoms with van der Waals surface area (Å²) in [6.07, 6.45) is 1.86. The van der Waals surface area contributed by atoms with Crippen molar-refractivity contribution in [3.8, 4) is 17.6 Å². The molecular weight excluding hydrogens is 437 g/mol. The van der Waals surface area contributed by atoms with Gasteiger partial charge in [0.25, 0.3) is 0 Å². The number of benzene rings is 2. The number of ether oxygens (including phenoxy) is 1. The Morgan fingerprint density at radius 1 is 1.14 bits per heavy atom. The molecule has 1 amide bonds. The molecule has 1 unspecified atom stereocenters. The van der Waals surface area contributed by atoms with Crippen molar-refractivity contribution in [1.29, 1.82) is 5.26 Å². The molecule has 152 valence electrons. The number of carbonyl (C=O) groups is 1. The number of nitrogens with zero attached hydrogens (tertiary/aromatic N) is 1. The number of nitriles is 1. The molecule has 1 saturated heterocycles. The van der Waals surface area contributed by atoms with Crippen LogP contribution in [0, 0.1) is 11.3 Å². The fourth-order valence-corrected chi connectivity index (χ4v) is 4.78. The number of carbonyl (C=O) groups excluding carboxylic acids is 1. The fourth-order valence-electron chi connectivity index (χ4n) is 2.89. The van der Waals surface area contributed by atoms with E-state index in [0.717, 1.165) is 6.42 Å². The maximum atomic E-state index is 13.0. The number of hydrogen-bond donors (Lipinski definition) is 2. The summed E-state index contributed by atoms with van der Waals surface area (Å²) in [5.41, 5.74) is 0.132. The van der Waals surface area contributed by atoms with E-state index in [1.54, 1.807) is 0 Å². The lowest BCUT2D eigenvalue weighted by Gasteiger charge is -2.18. The molecule has 10 heteroatoms. The van der Waals surface area contributed by atoms with E-state index in [1.807, 2.05) is 6.07 Å². The van der Waals surface area contributed by atoms with E-state index >= 15 is 0 Å². The molecule has 1 aliphatic rings. The molecule has 29 heavy (non-hydrogen) atoms. The minimum absolute atomic E-state index is 0.0242. The second-order valence-electron chi connectivity index (χ2n) is 6.44. The van der Waals surface area contributed by atoms with Crippen molar-refractivity contribution in [3.63, 3.8) is 0 Å². The zero-order valence-corrected chi connectivity index (χ0v) is 17.4. The molecule has 2 aromatic carbocycles. The van der Waals surface area contributed by atoms with E-state index in [4.69, 9.17) is 27.9 Å². The van der Waals surface area contributed by atoms with E-state index in [2.05, 4.69) is 10.0 Å². The normalized spacial score (nSPS) is 17.1. The lowest BCUT2D eigenvalue weighted by atomic mass is 10.1. The van der Waals surface area contributed by atoms with Gasteiger partial charge in [0, 0.05) is 16.6 Å². The highest BCUT2D eigenvalue weighted by Gasteiger charge is 2.29. The third kappa shape index (κ3) is 5.40. The largest absolute Gasteiger partial charge is 0.456 e. The summed E-state index contributed by atoms with van der Waals surface area (Å²) in [6, 6.07) is 9.47. The van der Waals surface area contributed by atoms with Crippen LogP contribution in [0.4, 0.5) is 0 Å². The summed E-state index contributed by atoms with van der Waals surface area (Å²) < 4.78 is 34.2. The van der Waals surface area contributed by atoms with Gasteiger partial charge in [-0.1, -0.05) is 23.2 Å². The summed E-state index contributed by atoms with van der Waals surface area (Å²) in [5, 5.41) is 12.5. The van der Waals surface area contributed by atoms with Gasteiger partial charge in [-0.3, -0.25) is 4.79 Å². The monoisotopic (exact) mass is 453 g/mol. The number of halogens is 2. The molecule has 0 aliphatic carbocycles. The third-order valence-corrected chi connectivity index (χ3v) is 6.19. The summed E-state index contributed by atoms with van der Waals surface area (Å²) in [4.78, 5) is 11.9. The highest BCUT2D eigenvalue weighted by molar-refractivity contribution is 7.89. The number of amides is 1. The quantitative estimate of drug-likeness (QED) is 0.718. The van der Waals surface area contributed by atoms with Crippen LogP contribution in [0.2, 0.25) is 10.0 Å². The first kappa shape index (κ1) is 21.4. The lowest BCUT2D eigenvalue weighted by Crippen LogP contribution is -2.45. The SMILES string of the molecule is N#Cc1ccc(Oc2cc(Cl)cc(Cl)c2)c(S(=O)(=O)NC2CCCCNC2=O)c1. The summed E-state index contributed by atoms with van der Waals surface area (Å²) in [6.45, 7) is 0.505. The molecule has 0 bridgehead atoms. The second-order valence-corrected chi connectivity index (χ2v) is 9.00. The number of hydrogen-bond acceptors (Lipinski definition) is 5. The average molecular weight is 454 g/mol. The van der Waals surface area contributed by atoms with Crippen LogP contribution in [0.25, 0.3) is 0 Å². The Morgan fingerprint density at radius 2 is 1.86 bits per heavy atom. The van der Waals surface area contributed by atoms with Gasteiger partial charge in [-0.05, 0) is 55.7 Å². The number of rotatable bonds is 5. The van der Waals surface area contributed by atoms with E-state index in [1.165, 1.54) is 36.4 Å². The molecule has 0 aromatic heterocycles. The van der Waals surface area contributed by atoms with E-state index in [0.29, 0.717) is 29.4 Å². The predicted molar refractivity (Wildman–Crippen MR) is 109 cm³/mol. The Kier molecular flexibility index (Phi) is 6.65. The van der Waals surface area contributed by atoms with Crippen molar-refractivity contribution in [3.05, 3.63) is 52.0 Å². The number of sulfonamides is 1. The first-order valence-corrected chi connectivity index (χ1v) is 11.0. The van der Waals surface area contributed by atoms with Crippen LogP contribution in [-0.2, 0) is 14.8 Å². The van der Waals surface area contributed by atoms with Crippen LogP contribution < -0.4 is 14.8 Å². The van der Waals surface area contributed by atoms with Gasteiger partial charge in [-0.25, -0.2) is 8.42 Å². The van der Waals surface area contributed by atoms with Crippen molar-refractivity contribution in [2.45, 2.75) is 30.2 Å². The van der Waals surface area contributed by atoms with Crippen molar-refractivity contribution >= 4 is 39.1 Å². The minimum atomic E-state index is -4.17. The van der Waals surface area contributed by atoms with Gasteiger partial charge in [0.15, 0.2) is 0 Å². The van der Waals surface area contributed by atoms with E-state index < -0.39 is 16.1 Å². The van der Waals surface area contributed by atoms with Crippen LogP contribution in [-0.4, -0.2) is 26.9 Å². The van der Waals surface area contributed by atoms with Gasteiger partial charge in [0.1, 0.15) is 22.4 Å². The number of nitrogens with one attached hydrogen (secondary N) is 2. The maximum absolute atomic E-state index is 13.0. The van der Waals surface area contributed by atoms with Crippen molar-refractivity contribution in [2.75, 3.05) is 6.54 Å². The molecule has 3 rings (SSSR count). The highest BCUT2D eigenvalue weighted by atomic mass is 35.5. The van der Waals surface area contributed by atoms with Crippen molar-refractivity contribution < 1.29 is 17.9 Å². The molecule has 0 saturated carbocycles. The standard InChI is InChI=1S/C19H17Cl2N3O4S/c20-13-8-14(21)10-15(9-13)28-17-5-4-12(11-22)7-18(17)29(26,27)24-16-3-1-2-6-23-19(16)25/h4-5,7-10,16,24H,1-3,6H2,(H,23,25). The van der Waals surface area contributed by atoms with Gasteiger partial charge in [0.2, 0.25) is 15.9 Å². The Hall–Kier alpha value is -2.31. The van der Waals surface area contributed by atoms with Gasteiger partial charge >= 0.3 is 0 Å². The molecule has 2 aromatic rings. The van der Waals surface area contributed by atoms with Gasteiger partial charge < -0.3 is 10.1 Å². The Labute approximate surface area is 178 Å². The van der Waals surface area contributed by atoms with Gasteiger partial charge in [0.05, 0.1) is 11.6 Å². The molecular formula is C19H17Cl2N3O4S. The maximum Gasteiger partial charge on any atom is 0.245 e. The fraction of sp³-hybridized carbons (Fsp3) is 0.263. The summed E-state index contributed by atoms with van der Waals surface area (Å²) >= 11 is 11.9. The summed E-state index contributed by atoms with van der Waals surface area (Å²) in [5.74, 6) is -0.175. The zero-order valence-electron chi connectivity index (χ0n) is 15.1. The molecule has 7 nitrogen and oxygen atoms in total. The Bertz CT molecular complexity index is 1060. The minimum Gasteiger partial charge on any atom is -0.456 e. The second kappa shape index (κ2) is 9.01. The van der Waals surface area contributed by atoms with Crippen LogP contribution in [0.5, 0.6) is 11.5 Å². The summed E-state index contributed by atoms with van der Waals surface area (Å²) in [7, 11) is -4.17. The predicted octanol–water partition coefficient (Wildman–Crippen LogP) is 3.60. The highest BCUT2D eigenvalue weighted by Crippen LogP contribution is 2.33. The van der Waals surface area contributed by atoms with Crippen LogP contribution in [0.1, 0.15) is 24.8 Å². The molecule has 1 atom stereocenters. The Morgan fingerprint density at radius 3 is 2.55 bits per heavy atom. The Balaban J connectivity index is 1.97. The molecule has 1 heterocycles. The van der Waals surface area contributed by atoms with Crippen LogP contribution in [0.15, 0.2) is 41.3 Å². The lowest BCUT2D eigenvalue weighted by molar-refractivity contribution is -0.122. The van der Waals surface area contributed by atoms with Gasteiger partial charge in [-0.2, -0.15) is 9.98 Å². The topological polar surface area (TPSA) is 108 Å².